The summed E-state index contributed by atoms with van der Waals surface area (Å²) in [6, 6.07) is 15.6. The van der Waals surface area contributed by atoms with E-state index in [9.17, 15) is 4.79 Å². The fourth-order valence-electron chi connectivity index (χ4n) is 3.17. The van der Waals surface area contributed by atoms with Crippen LogP contribution in [0.2, 0.25) is 0 Å². The van der Waals surface area contributed by atoms with Gasteiger partial charge in [0.1, 0.15) is 0 Å². The molecule has 0 aliphatic heterocycles. The lowest BCUT2D eigenvalue weighted by Crippen LogP contribution is -2.13. The van der Waals surface area contributed by atoms with Gasteiger partial charge in [0.15, 0.2) is 0 Å². The number of carbonyl (C=O) groups is 1. The Morgan fingerprint density at radius 3 is 2.35 bits per heavy atom. The Labute approximate surface area is 138 Å². The van der Waals surface area contributed by atoms with E-state index >= 15 is 0 Å². The second kappa shape index (κ2) is 7.32. The van der Waals surface area contributed by atoms with Gasteiger partial charge in [-0.2, -0.15) is 0 Å². The molecule has 2 N–H and O–H groups in total. The van der Waals surface area contributed by atoms with Gasteiger partial charge < -0.3 is 10.6 Å². The van der Waals surface area contributed by atoms with Crippen molar-refractivity contribution in [3.05, 3.63) is 59.7 Å². The van der Waals surface area contributed by atoms with Crippen molar-refractivity contribution in [1.82, 2.24) is 0 Å². The number of hydrogen-bond acceptors (Lipinski definition) is 2. The van der Waals surface area contributed by atoms with E-state index in [0.717, 1.165) is 35.0 Å². The number of carbonyl (C=O) groups excluding carboxylic acids is 1. The zero-order valence-electron chi connectivity index (χ0n) is 13.6. The lowest BCUT2D eigenvalue weighted by molar-refractivity contribution is 0.102. The molecule has 0 aromatic heterocycles. The van der Waals surface area contributed by atoms with Crippen molar-refractivity contribution in [3.63, 3.8) is 0 Å². The number of hydrogen-bond donors (Lipinski definition) is 2. The molecule has 0 bridgehead atoms. The number of nitrogens with one attached hydrogen (secondary N) is 2. The molecule has 0 unspecified atom stereocenters. The summed E-state index contributed by atoms with van der Waals surface area (Å²) in [5.41, 5.74) is 3.64. The van der Waals surface area contributed by atoms with Crippen LogP contribution >= 0.6 is 0 Å². The number of rotatable bonds is 5. The average Bonchev–Trinajstić information content (AvgIpc) is 3.08. The second-order valence-corrected chi connectivity index (χ2v) is 6.38. The molecular weight excluding hydrogens is 284 g/mol. The molecule has 0 spiro atoms. The van der Waals surface area contributed by atoms with E-state index in [1.165, 1.54) is 25.7 Å². The smallest absolute Gasteiger partial charge is 0.255 e. The van der Waals surface area contributed by atoms with Crippen LogP contribution in [0.1, 0.15) is 41.6 Å². The first-order valence-corrected chi connectivity index (χ1v) is 8.43. The summed E-state index contributed by atoms with van der Waals surface area (Å²) in [5.74, 6) is 0.755. The van der Waals surface area contributed by atoms with E-state index in [1.54, 1.807) is 0 Å². The van der Waals surface area contributed by atoms with Crippen LogP contribution in [0.3, 0.4) is 0 Å². The topological polar surface area (TPSA) is 41.1 Å². The molecule has 2 aromatic rings. The van der Waals surface area contributed by atoms with Crippen LogP contribution in [-0.4, -0.2) is 12.5 Å². The van der Waals surface area contributed by atoms with Gasteiger partial charge in [0, 0.05) is 23.5 Å². The molecule has 1 amide bonds. The molecule has 2 aromatic carbocycles. The van der Waals surface area contributed by atoms with Crippen molar-refractivity contribution in [3.8, 4) is 0 Å². The third-order valence-electron chi connectivity index (χ3n) is 4.60. The summed E-state index contributed by atoms with van der Waals surface area (Å²) < 4.78 is 0. The minimum atomic E-state index is -0.0604. The third-order valence-corrected chi connectivity index (χ3v) is 4.60. The molecule has 1 saturated carbocycles. The van der Waals surface area contributed by atoms with Crippen LogP contribution < -0.4 is 10.6 Å². The summed E-state index contributed by atoms with van der Waals surface area (Å²) in [7, 11) is 0. The fraction of sp³-hybridized carbons (Fsp3) is 0.350. The molecule has 3 rings (SSSR count). The number of aryl methyl sites for hydroxylation is 1. The molecule has 120 valence electrons. The first-order valence-electron chi connectivity index (χ1n) is 8.43. The Hall–Kier alpha value is -2.29. The van der Waals surface area contributed by atoms with Crippen molar-refractivity contribution in [2.45, 2.75) is 32.6 Å². The van der Waals surface area contributed by atoms with Gasteiger partial charge in [-0.25, -0.2) is 0 Å². The number of benzene rings is 2. The standard InChI is InChI=1S/C20H24N2O/c1-15-6-2-5-9-19(15)20(23)22-18-12-10-17(11-13-18)21-14-16-7-3-4-8-16/h2,5-6,9-13,16,21H,3-4,7-8,14H2,1H3,(H,22,23). The van der Waals surface area contributed by atoms with Crippen LogP contribution in [-0.2, 0) is 0 Å². The quantitative estimate of drug-likeness (QED) is 0.829. The van der Waals surface area contributed by atoms with E-state index in [1.807, 2.05) is 55.5 Å². The molecule has 1 aliphatic rings. The van der Waals surface area contributed by atoms with Gasteiger partial charge in [-0.1, -0.05) is 31.0 Å². The Morgan fingerprint density at radius 2 is 1.65 bits per heavy atom. The average molecular weight is 308 g/mol. The summed E-state index contributed by atoms with van der Waals surface area (Å²) in [6.07, 6.45) is 5.43. The van der Waals surface area contributed by atoms with E-state index in [4.69, 9.17) is 0 Å². The van der Waals surface area contributed by atoms with Crippen LogP contribution in [0.25, 0.3) is 0 Å². The highest BCUT2D eigenvalue weighted by Gasteiger charge is 2.14. The first kappa shape index (κ1) is 15.6. The van der Waals surface area contributed by atoms with Crippen LogP contribution in [0.4, 0.5) is 11.4 Å². The number of amides is 1. The lowest BCUT2D eigenvalue weighted by atomic mass is 10.1. The minimum absolute atomic E-state index is 0.0604. The van der Waals surface area contributed by atoms with E-state index in [0.29, 0.717) is 0 Å². The zero-order valence-corrected chi connectivity index (χ0v) is 13.6. The van der Waals surface area contributed by atoms with Gasteiger partial charge >= 0.3 is 0 Å². The minimum Gasteiger partial charge on any atom is -0.385 e. The molecule has 3 heteroatoms. The van der Waals surface area contributed by atoms with Gasteiger partial charge in [-0.3, -0.25) is 4.79 Å². The molecule has 1 fully saturated rings. The van der Waals surface area contributed by atoms with Crippen LogP contribution in [0.5, 0.6) is 0 Å². The van der Waals surface area contributed by atoms with Crippen LogP contribution in [0, 0.1) is 12.8 Å². The molecule has 1 aliphatic carbocycles. The lowest BCUT2D eigenvalue weighted by Gasteiger charge is -2.12. The van der Waals surface area contributed by atoms with E-state index in [-0.39, 0.29) is 5.91 Å². The highest BCUT2D eigenvalue weighted by Crippen LogP contribution is 2.25. The van der Waals surface area contributed by atoms with Gasteiger partial charge in [-0.05, 0) is 61.6 Å². The summed E-state index contributed by atoms with van der Waals surface area (Å²) >= 11 is 0. The van der Waals surface area contributed by atoms with E-state index in [2.05, 4.69) is 10.6 Å². The normalized spacial score (nSPS) is 14.7. The van der Waals surface area contributed by atoms with Crippen molar-refractivity contribution in [2.24, 2.45) is 5.92 Å². The number of anilines is 2. The Kier molecular flexibility index (Phi) is 4.96. The molecule has 0 saturated heterocycles. The zero-order chi connectivity index (χ0) is 16.1. The molecular formula is C20H24N2O. The van der Waals surface area contributed by atoms with Crippen molar-refractivity contribution in [1.29, 1.82) is 0 Å². The summed E-state index contributed by atoms with van der Waals surface area (Å²) in [6.45, 7) is 3.00. The monoisotopic (exact) mass is 308 g/mol. The van der Waals surface area contributed by atoms with Gasteiger partial charge in [0.25, 0.3) is 5.91 Å². The molecule has 3 nitrogen and oxygen atoms in total. The van der Waals surface area contributed by atoms with Gasteiger partial charge in [-0.15, -0.1) is 0 Å². The van der Waals surface area contributed by atoms with Gasteiger partial charge in [0.2, 0.25) is 0 Å². The highest BCUT2D eigenvalue weighted by atomic mass is 16.1. The predicted octanol–water partition coefficient (Wildman–Crippen LogP) is 4.85. The maximum atomic E-state index is 12.3. The van der Waals surface area contributed by atoms with Crippen molar-refractivity contribution in [2.75, 3.05) is 17.2 Å². The van der Waals surface area contributed by atoms with E-state index < -0.39 is 0 Å². The Balaban J connectivity index is 1.56. The maximum Gasteiger partial charge on any atom is 0.255 e. The summed E-state index contributed by atoms with van der Waals surface area (Å²) in [4.78, 5) is 12.3. The largest absolute Gasteiger partial charge is 0.385 e. The summed E-state index contributed by atoms with van der Waals surface area (Å²) in [5, 5.41) is 6.45. The Morgan fingerprint density at radius 1 is 1.00 bits per heavy atom. The van der Waals surface area contributed by atoms with Crippen molar-refractivity contribution < 1.29 is 4.79 Å². The van der Waals surface area contributed by atoms with Gasteiger partial charge in [0.05, 0.1) is 0 Å². The highest BCUT2D eigenvalue weighted by molar-refractivity contribution is 6.05. The predicted molar refractivity (Wildman–Crippen MR) is 96.0 cm³/mol. The molecule has 23 heavy (non-hydrogen) atoms. The second-order valence-electron chi connectivity index (χ2n) is 6.38. The third kappa shape index (κ3) is 4.13. The Bertz CT molecular complexity index is 658. The molecule has 0 radical (unpaired) electrons. The molecule has 0 heterocycles. The van der Waals surface area contributed by atoms with Crippen LogP contribution in [0.15, 0.2) is 48.5 Å². The SMILES string of the molecule is Cc1ccccc1C(=O)Nc1ccc(NCC2CCCC2)cc1. The fourth-order valence-corrected chi connectivity index (χ4v) is 3.17. The van der Waals surface area contributed by atoms with Crippen molar-refractivity contribution >= 4 is 17.3 Å². The first-order chi connectivity index (χ1) is 11.2. The maximum absolute atomic E-state index is 12.3. The molecule has 0 atom stereocenters.